The van der Waals surface area contributed by atoms with Gasteiger partial charge >= 0.3 is 0 Å². The highest BCUT2D eigenvalue weighted by atomic mass is 16.5. The van der Waals surface area contributed by atoms with E-state index in [0.29, 0.717) is 0 Å². The van der Waals surface area contributed by atoms with Gasteiger partial charge in [0.1, 0.15) is 12.4 Å². The molecule has 1 fully saturated rings. The maximum Gasteiger partial charge on any atom is 0.122 e. The number of benzene rings is 1. The molecule has 0 saturated heterocycles. The van der Waals surface area contributed by atoms with Crippen LogP contribution in [0, 0.1) is 20.8 Å². The summed E-state index contributed by atoms with van der Waals surface area (Å²) in [5.41, 5.74) is 3.84. The Balaban J connectivity index is 1.86. The lowest BCUT2D eigenvalue weighted by Gasteiger charge is -2.12. The molecule has 0 radical (unpaired) electrons. The molecular weight excluding hydrogens is 198 g/mol. The van der Waals surface area contributed by atoms with Gasteiger partial charge in [0.05, 0.1) is 0 Å². The Bertz CT molecular complexity index is 369. The number of ether oxygens (including phenoxy) is 1. The fourth-order valence-electron chi connectivity index (χ4n) is 1.86. The molecule has 0 amide bonds. The molecule has 0 atom stereocenters. The molecule has 1 aliphatic carbocycles. The van der Waals surface area contributed by atoms with E-state index in [0.717, 1.165) is 24.9 Å². The van der Waals surface area contributed by atoms with Gasteiger partial charge in [-0.15, -0.1) is 0 Å². The Labute approximate surface area is 98.0 Å². The topological polar surface area (TPSA) is 21.3 Å². The van der Waals surface area contributed by atoms with Gasteiger partial charge in [-0.2, -0.15) is 0 Å². The fraction of sp³-hybridized carbons (Fsp3) is 0.571. The minimum Gasteiger partial charge on any atom is -0.492 e. The largest absolute Gasteiger partial charge is 0.492 e. The molecular formula is C14H21NO. The van der Waals surface area contributed by atoms with Crippen LogP contribution >= 0.6 is 0 Å². The molecule has 1 aromatic carbocycles. The Morgan fingerprint density at radius 2 is 2.00 bits per heavy atom. The second-order valence-corrected chi connectivity index (χ2v) is 4.78. The Morgan fingerprint density at radius 3 is 2.69 bits per heavy atom. The lowest BCUT2D eigenvalue weighted by atomic mass is 10.1. The van der Waals surface area contributed by atoms with Gasteiger partial charge in [0.25, 0.3) is 0 Å². The van der Waals surface area contributed by atoms with Crippen LogP contribution in [0.5, 0.6) is 5.75 Å². The average molecular weight is 219 g/mol. The molecule has 2 heteroatoms. The van der Waals surface area contributed by atoms with E-state index in [1.807, 2.05) is 0 Å². The second kappa shape index (κ2) is 4.88. The standard InChI is InChI=1S/C14H21NO/c1-10-8-11(2)12(3)14(9-10)16-7-6-15-13-4-5-13/h8-9,13,15H,4-7H2,1-3H3. The van der Waals surface area contributed by atoms with Crippen molar-refractivity contribution in [3.8, 4) is 5.75 Å². The first-order chi connectivity index (χ1) is 7.66. The zero-order chi connectivity index (χ0) is 11.5. The molecule has 16 heavy (non-hydrogen) atoms. The Morgan fingerprint density at radius 1 is 1.25 bits per heavy atom. The molecule has 2 rings (SSSR count). The van der Waals surface area contributed by atoms with Crippen LogP contribution in [0.3, 0.4) is 0 Å². The van der Waals surface area contributed by atoms with Gasteiger partial charge in [0, 0.05) is 12.6 Å². The summed E-state index contributed by atoms with van der Waals surface area (Å²) in [5, 5.41) is 3.45. The SMILES string of the molecule is Cc1cc(C)c(C)c(OCCNC2CC2)c1. The van der Waals surface area contributed by atoms with Crippen molar-refractivity contribution in [2.24, 2.45) is 0 Å². The van der Waals surface area contributed by atoms with Crippen LogP contribution in [0.25, 0.3) is 0 Å². The summed E-state index contributed by atoms with van der Waals surface area (Å²) in [6.07, 6.45) is 2.67. The average Bonchev–Trinajstić information content (AvgIpc) is 3.03. The van der Waals surface area contributed by atoms with Crippen molar-refractivity contribution in [3.63, 3.8) is 0 Å². The maximum absolute atomic E-state index is 5.81. The molecule has 0 bridgehead atoms. The number of aryl methyl sites for hydroxylation is 2. The van der Waals surface area contributed by atoms with Gasteiger partial charge in [-0.05, 0) is 56.4 Å². The summed E-state index contributed by atoms with van der Waals surface area (Å²) >= 11 is 0. The van der Waals surface area contributed by atoms with Crippen molar-refractivity contribution < 1.29 is 4.74 Å². The maximum atomic E-state index is 5.81. The minimum absolute atomic E-state index is 0.764. The van der Waals surface area contributed by atoms with Crippen molar-refractivity contribution in [1.29, 1.82) is 0 Å². The van der Waals surface area contributed by atoms with Crippen LogP contribution in [-0.4, -0.2) is 19.2 Å². The highest BCUT2D eigenvalue weighted by molar-refractivity contribution is 5.41. The smallest absolute Gasteiger partial charge is 0.122 e. The van der Waals surface area contributed by atoms with E-state index in [9.17, 15) is 0 Å². The van der Waals surface area contributed by atoms with E-state index in [1.54, 1.807) is 0 Å². The van der Waals surface area contributed by atoms with E-state index in [-0.39, 0.29) is 0 Å². The van der Waals surface area contributed by atoms with Crippen LogP contribution in [0.1, 0.15) is 29.5 Å². The number of hydrogen-bond donors (Lipinski definition) is 1. The van der Waals surface area contributed by atoms with E-state index < -0.39 is 0 Å². The Kier molecular flexibility index (Phi) is 3.49. The monoisotopic (exact) mass is 219 g/mol. The van der Waals surface area contributed by atoms with Crippen molar-refractivity contribution in [2.45, 2.75) is 39.7 Å². The van der Waals surface area contributed by atoms with Crippen molar-refractivity contribution in [3.05, 3.63) is 28.8 Å². The number of nitrogens with one attached hydrogen (secondary N) is 1. The normalized spacial score (nSPS) is 15.2. The van der Waals surface area contributed by atoms with Gasteiger partial charge in [0.2, 0.25) is 0 Å². The predicted molar refractivity (Wildman–Crippen MR) is 67.2 cm³/mol. The highest BCUT2D eigenvalue weighted by Crippen LogP contribution is 2.23. The number of rotatable bonds is 5. The summed E-state index contributed by atoms with van der Waals surface area (Å²) in [4.78, 5) is 0. The van der Waals surface area contributed by atoms with Crippen LogP contribution < -0.4 is 10.1 Å². The van der Waals surface area contributed by atoms with Gasteiger partial charge in [0.15, 0.2) is 0 Å². The highest BCUT2D eigenvalue weighted by Gasteiger charge is 2.19. The predicted octanol–water partition coefficient (Wildman–Crippen LogP) is 2.74. The van der Waals surface area contributed by atoms with Crippen molar-refractivity contribution in [2.75, 3.05) is 13.2 Å². The van der Waals surface area contributed by atoms with E-state index in [4.69, 9.17) is 4.74 Å². The van der Waals surface area contributed by atoms with Gasteiger partial charge in [-0.3, -0.25) is 0 Å². The van der Waals surface area contributed by atoms with E-state index in [1.165, 1.54) is 29.5 Å². The number of hydrogen-bond acceptors (Lipinski definition) is 2. The van der Waals surface area contributed by atoms with Crippen LogP contribution in [0.15, 0.2) is 12.1 Å². The molecule has 1 N–H and O–H groups in total. The summed E-state index contributed by atoms with van der Waals surface area (Å²) in [5.74, 6) is 1.04. The molecule has 0 unspecified atom stereocenters. The quantitative estimate of drug-likeness (QED) is 0.769. The lowest BCUT2D eigenvalue weighted by molar-refractivity contribution is 0.311. The third-order valence-corrected chi connectivity index (χ3v) is 3.13. The third-order valence-electron chi connectivity index (χ3n) is 3.13. The molecule has 0 spiro atoms. The zero-order valence-electron chi connectivity index (χ0n) is 10.5. The van der Waals surface area contributed by atoms with Crippen LogP contribution in [-0.2, 0) is 0 Å². The lowest BCUT2D eigenvalue weighted by Crippen LogP contribution is -2.23. The van der Waals surface area contributed by atoms with Crippen molar-refractivity contribution >= 4 is 0 Å². The Hall–Kier alpha value is -1.02. The minimum atomic E-state index is 0.764. The first kappa shape index (κ1) is 11.5. The summed E-state index contributed by atoms with van der Waals surface area (Å²) in [6, 6.07) is 5.09. The van der Waals surface area contributed by atoms with Crippen molar-refractivity contribution in [1.82, 2.24) is 5.32 Å². The fourth-order valence-corrected chi connectivity index (χ4v) is 1.86. The summed E-state index contributed by atoms with van der Waals surface area (Å²) in [6.45, 7) is 8.09. The van der Waals surface area contributed by atoms with Crippen LogP contribution in [0.2, 0.25) is 0 Å². The summed E-state index contributed by atoms with van der Waals surface area (Å²) < 4.78 is 5.81. The van der Waals surface area contributed by atoms with Gasteiger partial charge in [-0.1, -0.05) is 6.07 Å². The third kappa shape index (κ3) is 2.99. The van der Waals surface area contributed by atoms with E-state index in [2.05, 4.69) is 38.2 Å². The molecule has 2 nitrogen and oxygen atoms in total. The summed E-state index contributed by atoms with van der Waals surface area (Å²) in [7, 11) is 0. The molecule has 0 heterocycles. The molecule has 1 aromatic rings. The first-order valence-corrected chi connectivity index (χ1v) is 6.11. The molecule has 0 aliphatic heterocycles. The van der Waals surface area contributed by atoms with Gasteiger partial charge < -0.3 is 10.1 Å². The molecule has 1 saturated carbocycles. The second-order valence-electron chi connectivity index (χ2n) is 4.78. The first-order valence-electron chi connectivity index (χ1n) is 6.11. The van der Waals surface area contributed by atoms with Gasteiger partial charge in [-0.25, -0.2) is 0 Å². The van der Waals surface area contributed by atoms with Crippen LogP contribution in [0.4, 0.5) is 0 Å². The molecule has 1 aliphatic rings. The molecule has 88 valence electrons. The van der Waals surface area contributed by atoms with E-state index >= 15 is 0 Å². The zero-order valence-corrected chi connectivity index (χ0v) is 10.5. The molecule has 0 aromatic heterocycles.